The zero-order valence-corrected chi connectivity index (χ0v) is 26.5. The topological polar surface area (TPSA) is 29.5 Å². The summed E-state index contributed by atoms with van der Waals surface area (Å²) in [5.41, 5.74) is 11.2. The van der Waals surface area contributed by atoms with Gasteiger partial charge in [-0.1, -0.05) is 115 Å². The molecule has 2 heterocycles. The highest BCUT2D eigenvalue weighted by atomic mass is 16.3. The SMILES string of the molecule is c1ccc(-c2ccc(N(c3ccc4c(c3)oc3c(-c5ccccc5)cc5ccccc5c34)c3ccc4oc5ccccc5c4c3)cc2)cc1. The van der Waals surface area contributed by atoms with Gasteiger partial charge in [0.2, 0.25) is 0 Å². The second-order valence-corrected chi connectivity index (χ2v) is 12.5. The second-order valence-electron chi connectivity index (χ2n) is 12.5. The molecule has 0 aliphatic rings. The Morgan fingerprint density at radius 2 is 0.959 bits per heavy atom. The van der Waals surface area contributed by atoms with Crippen LogP contribution in [0.4, 0.5) is 17.1 Å². The summed E-state index contributed by atoms with van der Waals surface area (Å²) >= 11 is 0. The van der Waals surface area contributed by atoms with Crippen LogP contribution in [0.1, 0.15) is 0 Å². The van der Waals surface area contributed by atoms with Gasteiger partial charge in [0.1, 0.15) is 22.3 Å². The molecule has 0 N–H and O–H groups in total. The van der Waals surface area contributed by atoms with Gasteiger partial charge in [0.05, 0.1) is 0 Å². The van der Waals surface area contributed by atoms with E-state index in [1.165, 1.54) is 21.9 Å². The van der Waals surface area contributed by atoms with Crippen molar-refractivity contribution in [2.75, 3.05) is 4.90 Å². The van der Waals surface area contributed by atoms with Crippen molar-refractivity contribution < 1.29 is 8.83 Å². The lowest BCUT2D eigenvalue weighted by Gasteiger charge is -2.25. The van der Waals surface area contributed by atoms with Gasteiger partial charge < -0.3 is 13.7 Å². The summed E-state index contributed by atoms with van der Waals surface area (Å²) in [5.74, 6) is 0. The number of anilines is 3. The van der Waals surface area contributed by atoms with Crippen molar-refractivity contribution in [1.29, 1.82) is 0 Å². The monoisotopic (exact) mass is 627 g/mol. The van der Waals surface area contributed by atoms with Crippen LogP contribution in [0.3, 0.4) is 0 Å². The lowest BCUT2D eigenvalue weighted by atomic mass is 9.96. The third-order valence-electron chi connectivity index (χ3n) is 9.64. The number of benzene rings is 8. The normalized spacial score (nSPS) is 11.7. The van der Waals surface area contributed by atoms with Gasteiger partial charge in [-0.05, 0) is 82.1 Å². The molecule has 10 rings (SSSR count). The smallest absolute Gasteiger partial charge is 0.143 e. The minimum Gasteiger partial charge on any atom is -0.456 e. The Bertz CT molecular complexity index is 2810. The average Bonchev–Trinajstić information content (AvgIpc) is 3.74. The molecule has 0 atom stereocenters. The molecule has 3 nitrogen and oxygen atoms in total. The zero-order valence-electron chi connectivity index (χ0n) is 26.5. The van der Waals surface area contributed by atoms with Crippen LogP contribution in [0.5, 0.6) is 0 Å². The number of para-hydroxylation sites is 1. The Hall–Kier alpha value is -6.58. The van der Waals surface area contributed by atoms with Crippen molar-refractivity contribution in [2.24, 2.45) is 0 Å². The molecule has 10 aromatic rings. The van der Waals surface area contributed by atoms with Gasteiger partial charge in [-0.2, -0.15) is 0 Å². The van der Waals surface area contributed by atoms with Crippen LogP contribution in [0, 0.1) is 0 Å². The third kappa shape index (κ3) is 4.51. The minimum atomic E-state index is 0.849. The molecule has 0 saturated heterocycles. The lowest BCUT2D eigenvalue weighted by Crippen LogP contribution is -2.09. The van der Waals surface area contributed by atoms with Crippen LogP contribution in [0.2, 0.25) is 0 Å². The van der Waals surface area contributed by atoms with Crippen LogP contribution in [-0.2, 0) is 0 Å². The van der Waals surface area contributed by atoms with Gasteiger partial charge in [0.15, 0.2) is 0 Å². The Morgan fingerprint density at radius 1 is 0.347 bits per heavy atom. The second kappa shape index (κ2) is 11.0. The molecular formula is C46H29NO2. The Balaban J connectivity index is 1.19. The maximum Gasteiger partial charge on any atom is 0.143 e. The summed E-state index contributed by atoms with van der Waals surface area (Å²) in [6, 6.07) is 61.9. The van der Waals surface area contributed by atoms with Crippen molar-refractivity contribution >= 4 is 71.7 Å². The molecule has 8 aromatic carbocycles. The first-order valence-corrected chi connectivity index (χ1v) is 16.6. The predicted molar refractivity (Wildman–Crippen MR) is 204 cm³/mol. The summed E-state index contributed by atoms with van der Waals surface area (Å²) in [5, 5.41) is 6.82. The first-order valence-electron chi connectivity index (χ1n) is 16.6. The Morgan fingerprint density at radius 3 is 1.78 bits per heavy atom. The van der Waals surface area contributed by atoms with E-state index in [2.05, 4.69) is 169 Å². The van der Waals surface area contributed by atoms with Gasteiger partial charge >= 0.3 is 0 Å². The highest BCUT2D eigenvalue weighted by Crippen LogP contribution is 2.44. The molecular weight excluding hydrogens is 599 g/mol. The fourth-order valence-corrected chi connectivity index (χ4v) is 7.32. The molecule has 0 radical (unpaired) electrons. The average molecular weight is 628 g/mol. The fourth-order valence-electron chi connectivity index (χ4n) is 7.32. The van der Waals surface area contributed by atoms with E-state index < -0.39 is 0 Å². The molecule has 230 valence electrons. The summed E-state index contributed by atoms with van der Waals surface area (Å²) < 4.78 is 13.1. The van der Waals surface area contributed by atoms with Gasteiger partial charge in [-0.25, -0.2) is 0 Å². The van der Waals surface area contributed by atoms with Crippen LogP contribution in [0.15, 0.2) is 185 Å². The highest BCUT2D eigenvalue weighted by Gasteiger charge is 2.20. The molecule has 0 aliphatic carbocycles. The van der Waals surface area contributed by atoms with Gasteiger partial charge in [-0.3, -0.25) is 0 Å². The van der Waals surface area contributed by atoms with Crippen molar-refractivity contribution in [3.05, 3.63) is 176 Å². The molecule has 2 aromatic heterocycles. The van der Waals surface area contributed by atoms with Crippen LogP contribution in [-0.4, -0.2) is 0 Å². The van der Waals surface area contributed by atoms with Crippen molar-refractivity contribution in [3.8, 4) is 22.3 Å². The van der Waals surface area contributed by atoms with Gasteiger partial charge in [0, 0.05) is 50.2 Å². The number of furan rings is 2. The molecule has 0 fully saturated rings. The zero-order chi connectivity index (χ0) is 32.3. The van der Waals surface area contributed by atoms with Crippen molar-refractivity contribution in [2.45, 2.75) is 0 Å². The maximum absolute atomic E-state index is 6.86. The Kier molecular flexibility index (Phi) is 6.18. The molecule has 0 amide bonds. The molecule has 3 heteroatoms. The van der Waals surface area contributed by atoms with Gasteiger partial charge in [-0.15, -0.1) is 0 Å². The molecule has 0 aliphatic heterocycles. The number of hydrogen-bond donors (Lipinski definition) is 0. The fraction of sp³-hybridized carbons (Fsp3) is 0. The standard InChI is InChI=1S/C46H29NO2/c1-3-11-30(12-4-1)31-19-21-34(22-20-31)47(35-24-26-43-41(28-35)38-17-9-10-18-42(38)48-43)36-23-25-39-44(29-36)49-46-40(32-13-5-2-6-14-32)27-33-15-7-8-16-37(33)45(39)46/h1-29H. The van der Waals surface area contributed by atoms with E-state index in [0.717, 1.165) is 72.1 Å². The first-order chi connectivity index (χ1) is 24.3. The van der Waals surface area contributed by atoms with Crippen LogP contribution >= 0.6 is 0 Å². The Labute approximate surface area is 282 Å². The predicted octanol–water partition coefficient (Wildman–Crippen LogP) is 13.4. The van der Waals surface area contributed by atoms with Crippen LogP contribution < -0.4 is 4.90 Å². The summed E-state index contributed by atoms with van der Waals surface area (Å²) in [4.78, 5) is 2.30. The minimum absolute atomic E-state index is 0.849. The quantitative estimate of drug-likeness (QED) is 0.190. The van der Waals surface area contributed by atoms with Crippen LogP contribution in [0.25, 0.3) is 76.9 Å². The molecule has 49 heavy (non-hydrogen) atoms. The van der Waals surface area contributed by atoms with E-state index in [0.29, 0.717) is 0 Å². The highest BCUT2D eigenvalue weighted by molar-refractivity contribution is 6.22. The van der Waals surface area contributed by atoms with E-state index in [-0.39, 0.29) is 0 Å². The number of fused-ring (bicyclic) bond motifs is 8. The van der Waals surface area contributed by atoms with E-state index >= 15 is 0 Å². The van der Waals surface area contributed by atoms with E-state index in [9.17, 15) is 0 Å². The van der Waals surface area contributed by atoms with Gasteiger partial charge in [0.25, 0.3) is 0 Å². The summed E-state index contributed by atoms with van der Waals surface area (Å²) in [7, 11) is 0. The summed E-state index contributed by atoms with van der Waals surface area (Å²) in [6.07, 6.45) is 0. The summed E-state index contributed by atoms with van der Waals surface area (Å²) in [6.45, 7) is 0. The maximum atomic E-state index is 6.86. The third-order valence-corrected chi connectivity index (χ3v) is 9.64. The van der Waals surface area contributed by atoms with E-state index in [1.54, 1.807) is 0 Å². The number of nitrogens with zero attached hydrogens (tertiary/aromatic N) is 1. The van der Waals surface area contributed by atoms with Crippen molar-refractivity contribution in [3.63, 3.8) is 0 Å². The van der Waals surface area contributed by atoms with E-state index in [4.69, 9.17) is 8.83 Å². The van der Waals surface area contributed by atoms with Crippen molar-refractivity contribution in [1.82, 2.24) is 0 Å². The largest absolute Gasteiger partial charge is 0.456 e. The lowest BCUT2D eigenvalue weighted by molar-refractivity contribution is 0.668. The number of hydrogen-bond acceptors (Lipinski definition) is 3. The van der Waals surface area contributed by atoms with E-state index in [1.807, 2.05) is 12.1 Å². The first kappa shape index (κ1) is 27.5. The number of rotatable bonds is 5. The molecule has 0 spiro atoms. The molecule has 0 saturated carbocycles. The molecule has 0 bridgehead atoms. The molecule has 0 unspecified atom stereocenters.